The Balaban J connectivity index is 2.04. The Morgan fingerprint density at radius 3 is 2.83 bits per heavy atom. The number of halogens is 1. The Morgan fingerprint density at radius 2 is 2.17 bits per heavy atom. The summed E-state index contributed by atoms with van der Waals surface area (Å²) >= 11 is 1.48. The Kier molecular flexibility index (Phi) is 4.66. The van der Waals surface area contributed by atoms with Gasteiger partial charge in [0.05, 0.1) is 12.6 Å². The Hall–Kier alpha value is -2.60. The van der Waals surface area contributed by atoms with Crippen molar-refractivity contribution in [3.8, 4) is 11.1 Å². The van der Waals surface area contributed by atoms with E-state index in [1.807, 2.05) is 19.1 Å². The number of aliphatic carboxylic acids is 1. The van der Waals surface area contributed by atoms with Crippen molar-refractivity contribution in [3.05, 3.63) is 70.2 Å². The van der Waals surface area contributed by atoms with E-state index >= 15 is 0 Å². The predicted octanol–water partition coefficient (Wildman–Crippen LogP) is 4.26. The quantitative estimate of drug-likeness (QED) is 0.752. The van der Waals surface area contributed by atoms with Crippen molar-refractivity contribution < 1.29 is 14.3 Å². The fraction of sp³-hybridized carbons (Fsp3) is 0.167. The van der Waals surface area contributed by atoms with Crippen molar-refractivity contribution in [1.82, 2.24) is 9.97 Å². The number of hydrogen-bond donors (Lipinski definition) is 1. The van der Waals surface area contributed by atoms with Crippen LogP contribution in [0, 0.1) is 12.7 Å². The van der Waals surface area contributed by atoms with E-state index in [0.29, 0.717) is 11.1 Å². The number of pyridine rings is 1. The first-order chi connectivity index (χ1) is 11.5. The van der Waals surface area contributed by atoms with Crippen LogP contribution in [0.25, 0.3) is 11.1 Å². The minimum absolute atomic E-state index is 0.0603. The number of benzene rings is 1. The number of nitrogens with zero attached hydrogens (tertiary/aromatic N) is 2. The fourth-order valence-electron chi connectivity index (χ4n) is 2.59. The number of carbonyl (C=O) groups is 1. The molecule has 0 bridgehead atoms. The van der Waals surface area contributed by atoms with Crippen molar-refractivity contribution in [2.75, 3.05) is 0 Å². The summed E-state index contributed by atoms with van der Waals surface area (Å²) in [5.74, 6) is -1.66. The second kappa shape index (κ2) is 6.88. The number of thiazole rings is 1. The molecule has 0 aliphatic heterocycles. The number of aryl methyl sites for hydroxylation is 1. The van der Waals surface area contributed by atoms with Gasteiger partial charge in [0.2, 0.25) is 0 Å². The highest BCUT2D eigenvalue weighted by Crippen LogP contribution is 2.33. The topological polar surface area (TPSA) is 63.1 Å². The maximum Gasteiger partial charge on any atom is 0.304 e. The molecule has 0 fully saturated rings. The summed E-state index contributed by atoms with van der Waals surface area (Å²) in [6, 6.07) is 8.89. The summed E-state index contributed by atoms with van der Waals surface area (Å²) in [4.78, 5) is 20.4. The number of rotatable bonds is 5. The molecule has 1 N–H and O–H groups in total. The van der Waals surface area contributed by atoms with Crippen LogP contribution in [0.5, 0.6) is 0 Å². The molecule has 3 rings (SSSR count). The highest BCUT2D eigenvalue weighted by Gasteiger charge is 2.21. The Morgan fingerprint density at radius 1 is 1.33 bits per heavy atom. The Labute approximate surface area is 142 Å². The lowest BCUT2D eigenvalue weighted by Crippen LogP contribution is -2.08. The van der Waals surface area contributed by atoms with Crippen LogP contribution in [-0.4, -0.2) is 21.0 Å². The summed E-state index contributed by atoms with van der Waals surface area (Å²) in [6.07, 6.45) is 4.38. The number of carboxylic acids is 1. The molecule has 0 saturated carbocycles. The number of carboxylic acid groups (broad SMARTS) is 1. The lowest BCUT2D eigenvalue weighted by molar-refractivity contribution is -0.137. The molecule has 1 atom stereocenters. The van der Waals surface area contributed by atoms with E-state index < -0.39 is 11.8 Å². The predicted molar refractivity (Wildman–Crippen MR) is 90.6 cm³/mol. The van der Waals surface area contributed by atoms with E-state index in [2.05, 4.69) is 9.97 Å². The molecule has 0 aliphatic carbocycles. The van der Waals surface area contributed by atoms with Gasteiger partial charge in [0.25, 0.3) is 0 Å². The van der Waals surface area contributed by atoms with E-state index in [1.165, 1.54) is 23.7 Å². The molecule has 2 aromatic heterocycles. The molecule has 0 amide bonds. The van der Waals surface area contributed by atoms with E-state index in [4.69, 9.17) is 0 Å². The van der Waals surface area contributed by atoms with Gasteiger partial charge in [-0.3, -0.25) is 9.78 Å². The van der Waals surface area contributed by atoms with Gasteiger partial charge < -0.3 is 5.11 Å². The molecule has 24 heavy (non-hydrogen) atoms. The van der Waals surface area contributed by atoms with Gasteiger partial charge in [-0.2, -0.15) is 0 Å². The van der Waals surface area contributed by atoms with Crippen LogP contribution in [-0.2, 0) is 4.79 Å². The van der Waals surface area contributed by atoms with Gasteiger partial charge in [-0.15, -0.1) is 11.3 Å². The largest absolute Gasteiger partial charge is 0.481 e. The van der Waals surface area contributed by atoms with E-state index in [-0.39, 0.29) is 12.3 Å². The zero-order valence-electron chi connectivity index (χ0n) is 12.9. The summed E-state index contributed by atoms with van der Waals surface area (Å²) in [5.41, 5.74) is 1.94. The van der Waals surface area contributed by atoms with Crippen molar-refractivity contribution in [2.45, 2.75) is 19.3 Å². The molecule has 3 aromatic rings. The average molecular weight is 342 g/mol. The van der Waals surface area contributed by atoms with Crippen LogP contribution in [0.3, 0.4) is 0 Å². The number of aromatic nitrogens is 2. The lowest BCUT2D eigenvalue weighted by atomic mass is 9.93. The molecule has 2 heterocycles. The maximum absolute atomic E-state index is 14.0. The molecule has 0 saturated heterocycles. The van der Waals surface area contributed by atoms with Crippen LogP contribution in [0.4, 0.5) is 4.39 Å². The van der Waals surface area contributed by atoms with Crippen molar-refractivity contribution >= 4 is 17.3 Å². The summed E-state index contributed by atoms with van der Waals surface area (Å²) in [7, 11) is 0. The minimum atomic E-state index is -0.895. The van der Waals surface area contributed by atoms with E-state index in [0.717, 1.165) is 15.4 Å². The SMILES string of the molecule is Cc1cnc(C(CC(=O)O)c2cccc(-c3ccncc3F)c2)s1. The maximum atomic E-state index is 14.0. The first-order valence-corrected chi connectivity index (χ1v) is 8.20. The van der Waals surface area contributed by atoms with Gasteiger partial charge in [-0.1, -0.05) is 24.3 Å². The van der Waals surface area contributed by atoms with Crippen LogP contribution >= 0.6 is 11.3 Å². The summed E-state index contributed by atoms with van der Waals surface area (Å²) in [6.45, 7) is 1.93. The van der Waals surface area contributed by atoms with Crippen LogP contribution in [0.2, 0.25) is 0 Å². The van der Waals surface area contributed by atoms with Gasteiger partial charge in [0.15, 0.2) is 0 Å². The zero-order chi connectivity index (χ0) is 17.1. The molecule has 122 valence electrons. The third-order valence-corrected chi connectivity index (χ3v) is 4.71. The number of hydrogen-bond acceptors (Lipinski definition) is 4. The third-order valence-electron chi connectivity index (χ3n) is 3.69. The smallest absolute Gasteiger partial charge is 0.304 e. The van der Waals surface area contributed by atoms with Gasteiger partial charge in [0, 0.05) is 28.8 Å². The highest BCUT2D eigenvalue weighted by molar-refractivity contribution is 7.11. The molecule has 1 aromatic carbocycles. The molecule has 0 radical (unpaired) electrons. The minimum Gasteiger partial charge on any atom is -0.481 e. The van der Waals surface area contributed by atoms with Gasteiger partial charge in [-0.25, -0.2) is 9.37 Å². The molecule has 6 heteroatoms. The first kappa shape index (κ1) is 16.3. The molecule has 4 nitrogen and oxygen atoms in total. The molecule has 1 unspecified atom stereocenters. The fourth-order valence-corrected chi connectivity index (χ4v) is 3.49. The second-order valence-corrected chi connectivity index (χ2v) is 6.71. The highest BCUT2D eigenvalue weighted by atomic mass is 32.1. The monoisotopic (exact) mass is 342 g/mol. The van der Waals surface area contributed by atoms with Gasteiger partial charge >= 0.3 is 5.97 Å². The van der Waals surface area contributed by atoms with Crippen molar-refractivity contribution in [2.24, 2.45) is 0 Å². The van der Waals surface area contributed by atoms with Crippen LogP contribution in [0.15, 0.2) is 48.9 Å². The summed E-state index contributed by atoms with van der Waals surface area (Å²) < 4.78 is 14.0. The lowest BCUT2D eigenvalue weighted by Gasteiger charge is -2.14. The van der Waals surface area contributed by atoms with Gasteiger partial charge in [0.1, 0.15) is 10.8 Å². The molecule has 0 aliphatic rings. The summed E-state index contributed by atoms with van der Waals surface area (Å²) in [5, 5.41) is 10.0. The van der Waals surface area contributed by atoms with E-state index in [9.17, 15) is 14.3 Å². The zero-order valence-corrected chi connectivity index (χ0v) is 13.8. The van der Waals surface area contributed by atoms with Gasteiger partial charge in [-0.05, 0) is 24.1 Å². The van der Waals surface area contributed by atoms with Crippen molar-refractivity contribution in [1.29, 1.82) is 0 Å². The normalized spacial score (nSPS) is 12.1. The third kappa shape index (κ3) is 3.49. The second-order valence-electron chi connectivity index (χ2n) is 5.44. The van der Waals surface area contributed by atoms with Crippen LogP contribution in [0.1, 0.15) is 27.8 Å². The first-order valence-electron chi connectivity index (χ1n) is 7.38. The molecule has 0 spiro atoms. The Bertz CT molecular complexity index is 879. The van der Waals surface area contributed by atoms with Crippen molar-refractivity contribution in [3.63, 3.8) is 0 Å². The average Bonchev–Trinajstić information content (AvgIpc) is 2.99. The van der Waals surface area contributed by atoms with E-state index in [1.54, 1.807) is 24.4 Å². The molecular weight excluding hydrogens is 327 g/mol. The van der Waals surface area contributed by atoms with Crippen LogP contribution < -0.4 is 0 Å². The standard InChI is InChI=1S/C18H15FN2O2S/c1-11-9-21-18(24-11)15(8-17(22)23)13-4-2-3-12(7-13)14-5-6-20-10-16(14)19/h2-7,9-10,15H,8H2,1H3,(H,22,23). The molecular formula is C18H15FN2O2S.